The van der Waals surface area contributed by atoms with E-state index >= 15 is 0 Å². The number of hydrogen-bond donors (Lipinski definition) is 2. The van der Waals surface area contributed by atoms with Gasteiger partial charge >= 0.3 is 5.97 Å². The zero-order valence-corrected chi connectivity index (χ0v) is 11.9. The number of hydrogen-bond acceptors (Lipinski definition) is 5. The van der Waals surface area contributed by atoms with Gasteiger partial charge in [-0.25, -0.2) is 0 Å². The van der Waals surface area contributed by atoms with Crippen LogP contribution in [-0.2, 0) is 11.2 Å². The molecule has 0 saturated carbocycles. The maximum absolute atomic E-state index is 12.0. The largest absolute Gasteiger partial charge is 0.481 e. The predicted molar refractivity (Wildman–Crippen MR) is 76.0 cm³/mol. The monoisotopic (exact) mass is 301 g/mol. The van der Waals surface area contributed by atoms with Crippen LogP contribution in [0.3, 0.4) is 0 Å². The molecule has 0 bridgehead atoms. The minimum absolute atomic E-state index is 0.204. The Morgan fingerprint density at radius 3 is 3.00 bits per heavy atom. The van der Waals surface area contributed by atoms with Gasteiger partial charge in [0.1, 0.15) is 12.2 Å². The summed E-state index contributed by atoms with van der Waals surface area (Å²) in [6.07, 6.45) is 1.07. The normalized spacial score (nSPS) is 19.1. The van der Waals surface area contributed by atoms with E-state index in [1.54, 1.807) is 0 Å². The Hall–Kier alpha value is -1.08. The number of furan rings is 1. The molecule has 2 heterocycles. The first-order chi connectivity index (χ1) is 9.16. The van der Waals surface area contributed by atoms with Crippen LogP contribution in [0.4, 0.5) is 0 Å². The van der Waals surface area contributed by atoms with Crippen LogP contribution >= 0.6 is 23.5 Å². The number of nitrogens with one attached hydrogen (secondary N) is 1. The molecule has 1 amide bonds. The molecule has 1 unspecified atom stereocenters. The molecule has 1 fully saturated rings. The second-order valence-corrected chi connectivity index (χ2v) is 6.66. The molecule has 7 heteroatoms. The molecule has 19 heavy (non-hydrogen) atoms. The lowest BCUT2D eigenvalue weighted by Crippen LogP contribution is -2.33. The molecular formula is C12H15NO4S2. The quantitative estimate of drug-likeness (QED) is 0.857. The summed E-state index contributed by atoms with van der Waals surface area (Å²) in [4.78, 5) is 22.6. The standard InChI is InChI=1S/C12H15NO4S2/c14-11(15)5-10-9(1-2-17-10)12(16)13-6-8-7-18-3-4-19-8/h1-2,8H,3-7H2,(H,13,16)(H,14,15). The van der Waals surface area contributed by atoms with Crippen molar-refractivity contribution in [2.45, 2.75) is 11.7 Å². The molecule has 1 atom stereocenters. The first-order valence-electron chi connectivity index (χ1n) is 5.92. The predicted octanol–water partition coefficient (Wildman–Crippen LogP) is 1.49. The van der Waals surface area contributed by atoms with Crippen LogP contribution in [0, 0.1) is 0 Å². The molecule has 104 valence electrons. The van der Waals surface area contributed by atoms with Crippen molar-refractivity contribution >= 4 is 35.4 Å². The fourth-order valence-electron chi connectivity index (χ4n) is 1.77. The number of carbonyl (C=O) groups is 2. The number of thioether (sulfide) groups is 2. The average molecular weight is 301 g/mol. The van der Waals surface area contributed by atoms with Crippen LogP contribution in [0.1, 0.15) is 16.1 Å². The summed E-state index contributed by atoms with van der Waals surface area (Å²) >= 11 is 3.76. The Morgan fingerprint density at radius 2 is 2.32 bits per heavy atom. The highest BCUT2D eigenvalue weighted by molar-refractivity contribution is 8.06. The summed E-state index contributed by atoms with van der Waals surface area (Å²) in [5.41, 5.74) is 0.316. The molecule has 0 spiro atoms. The van der Waals surface area contributed by atoms with Crippen molar-refractivity contribution < 1.29 is 19.1 Å². The van der Waals surface area contributed by atoms with Crippen molar-refractivity contribution in [1.29, 1.82) is 0 Å². The minimum Gasteiger partial charge on any atom is -0.481 e. The van der Waals surface area contributed by atoms with Crippen LogP contribution in [0.15, 0.2) is 16.7 Å². The van der Waals surface area contributed by atoms with Gasteiger partial charge in [0.05, 0.1) is 11.8 Å². The number of carboxylic acids is 1. The van der Waals surface area contributed by atoms with E-state index in [0.29, 0.717) is 17.4 Å². The van der Waals surface area contributed by atoms with Crippen molar-refractivity contribution in [3.63, 3.8) is 0 Å². The maximum atomic E-state index is 12.0. The molecule has 0 aliphatic carbocycles. The van der Waals surface area contributed by atoms with Crippen molar-refractivity contribution in [3.8, 4) is 0 Å². The van der Waals surface area contributed by atoms with Gasteiger partial charge in [-0.1, -0.05) is 0 Å². The first kappa shape index (κ1) is 14.3. The lowest BCUT2D eigenvalue weighted by atomic mass is 10.2. The molecule has 1 aliphatic heterocycles. The highest BCUT2D eigenvalue weighted by atomic mass is 32.2. The van der Waals surface area contributed by atoms with Crippen LogP contribution in [0.5, 0.6) is 0 Å². The zero-order valence-electron chi connectivity index (χ0n) is 10.3. The summed E-state index contributed by atoms with van der Waals surface area (Å²) in [5.74, 6) is 2.25. The average Bonchev–Trinajstić information content (AvgIpc) is 2.84. The Kier molecular flexibility index (Phi) is 5.21. The summed E-state index contributed by atoms with van der Waals surface area (Å²) in [5, 5.41) is 12.0. The number of rotatable bonds is 5. The molecule has 0 radical (unpaired) electrons. The van der Waals surface area contributed by atoms with E-state index in [0.717, 1.165) is 11.5 Å². The first-order valence-corrected chi connectivity index (χ1v) is 8.13. The van der Waals surface area contributed by atoms with Gasteiger partial charge in [0.2, 0.25) is 0 Å². The molecule has 1 saturated heterocycles. The van der Waals surface area contributed by atoms with E-state index in [1.165, 1.54) is 18.1 Å². The van der Waals surface area contributed by atoms with Gasteiger partial charge in [0, 0.05) is 29.1 Å². The maximum Gasteiger partial charge on any atom is 0.311 e. The topological polar surface area (TPSA) is 79.5 Å². The molecule has 5 nitrogen and oxygen atoms in total. The second-order valence-electron chi connectivity index (χ2n) is 4.11. The number of carboxylic acid groups (broad SMARTS) is 1. The fourth-order valence-corrected chi connectivity index (χ4v) is 4.39. The third-order valence-electron chi connectivity index (χ3n) is 2.68. The lowest BCUT2D eigenvalue weighted by molar-refractivity contribution is -0.136. The smallest absolute Gasteiger partial charge is 0.311 e. The van der Waals surface area contributed by atoms with E-state index < -0.39 is 5.97 Å². The fraction of sp³-hybridized carbons (Fsp3) is 0.500. The summed E-state index contributed by atoms with van der Waals surface area (Å²) in [6.45, 7) is 0.605. The van der Waals surface area contributed by atoms with Crippen LogP contribution in [0.25, 0.3) is 0 Å². The van der Waals surface area contributed by atoms with Crippen LogP contribution in [0.2, 0.25) is 0 Å². The van der Waals surface area contributed by atoms with Gasteiger partial charge in [-0.3, -0.25) is 9.59 Å². The van der Waals surface area contributed by atoms with E-state index in [2.05, 4.69) is 5.32 Å². The molecule has 0 aromatic carbocycles. The van der Waals surface area contributed by atoms with E-state index in [9.17, 15) is 9.59 Å². The minimum atomic E-state index is -1.01. The summed E-state index contributed by atoms with van der Waals surface area (Å²) in [7, 11) is 0. The van der Waals surface area contributed by atoms with Gasteiger partial charge in [0.25, 0.3) is 5.91 Å². The third-order valence-corrected chi connectivity index (χ3v) is 5.52. The SMILES string of the molecule is O=C(O)Cc1occc1C(=O)NCC1CSCCS1. The Balaban J connectivity index is 1.88. The van der Waals surface area contributed by atoms with Gasteiger partial charge in [-0.15, -0.1) is 0 Å². The molecule has 1 aliphatic rings. The number of carbonyl (C=O) groups excluding carboxylic acids is 1. The molecule has 2 rings (SSSR count). The van der Waals surface area contributed by atoms with E-state index in [4.69, 9.17) is 9.52 Å². The summed E-state index contributed by atoms with van der Waals surface area (Å²) < 4.78 is 5.04. The number of aliphatic carboxylic acids is 1. The number of amides is 1. The van der Waals surface area contributed by atoms with Gasteiger partial charge < -0.3 is 14.8 Å². The van der Waals surface area contributed by atoms with Crippen LogP contribution < -0.4 is 5.32 Å². The zero-order chi connectivity index (χ0) is 13.7. The van der Waals surface area contributed by atoms with Crippen molar-refractivity contribution in [1.82, 2.24) is 5.32 Å². The highest BCUT2D eigenvalue weighted by Crippen LogP contribution is 2.23. The molecule has 1 aromatic rings. The van der Waals surface area contributed by atoms with Crippen molar-refractivity contribution in [2.24, 2.45) is 0 Å². The second kappa shape index (κ2) is 6.91. The van der Waals surface area contributed by atoms with E-state index in [1.807, 2.05) is 23.5 Å². The molecular weight excluding hydrogens is 286 g/mol. The van der Waals surface area contributed by atoms with Gasteiger partial charge in [-0.2, -0.15) is 23.5 Å². The Bertz CT molecular complexity index is 454. The van der Waals surface area contributed by atoms with Gasteiger partial charge in [-0.05, 0) is 6.07 Å². The Labute approximate surface area is 119 Å². The molecule has 1 aromatic heterocycles. The van der Waals surface area contributed by atoms with Crippen molar-refractivity contribution in [2.75, 3.05) is 23.8 Å². The van der Waals surface area contributed by atoms with Gasteiger partial charge in [0.15, 0.2) is 0 Å². The Morgan fingerprint density at radius 1 is 1.47 bits per heavy atom. The summed E-state index contributed by atoms with van der Waals surface area (Å²) in [6, 6.07) is 1.51. The lowest BCUT2D eigenvalue weighted by Gasteiger charge is -2.21. The molecule has 2 N–H and O–H groups in total. The highest BCUT2D eigenvalue weighted by Gasteiger charge is 2.19. The van der Waals surface area contributed by atoms with E-state index in [-0.39, 0.29) is 18.1 Å². The van der Waals surface area contributed by atoms with Crippen molar-refractivity contribution in [3.05, 3.63) is 23.7 Å². The third kappa shape index (κ3) is 4.21. The van der Waals surface area contributed by atoms with Crippen LogP contribution in [-0.4, -0.2) is 46.0 Å².